The Balaban J connectivity index is 1.57. The Morgan fingerprint density at radius 1 is 0.588 bits per heavy atom. The van der Waals surface area contributed by atoms with Gasteiger partial charge < -0.3 is 31.1 Å². The molecule has 10 nitrogen and oxygen atoms in total. The molecule has 4 N–H and O–H groups in total. The molecular formula is C24H32N6O4. The Bertz CT molecular complexity index is 1170. The Morgan fingerprint density at radius 2 is 0.941 bits per heavy atom. The summed E-state index contributed by atoms with van der Waals surface area (Å²) in [6.45, 7) is 3.36. The van der Waals surface area contributed by atoms with Crippen molar-refractivity contribution in [3.05, 3.63) is 76.3 Å². The lowest BCUT2D eigenvalue weighted by atomic mass is 10.1. The SMILES string of the molecule is CN(C)CCNc1c(NCc2cccc(CNc3c(NCCN(C)C)c(=O)c3=O)c2)c(=O)c1=O. The molecule has 0 unspecified atom stereocenters. The normalized spacial score (nSPS) is 11.5. The van der Waals surface area contributed by atoms with E-state index in [-0.39, 0.29) is 0 Å². The third kappa shape index (κ3) is 5.89. The van der Waals surface area contributed by atoms with Gasteiger partial charge in [0.15, 0.2) is 0 Å². The van der Waals surface area contributed by atoms with Gasteiger partial charge in [-0.25, -0.2) is 0 Å². The minimum atomic E-state index is -0.514. The molecule has 0 spiro atoms. The fourth-order valence-electron chi connectivity index (χ4n) is 3.50. The minimum absolute atomic E-state index is 0.310. The standard InChI is InChI=1S/C24H32N6O4/c1-29(2)10-8-25-17-19(23(33)21(17)31)27-13-15-6-5-7-16(12-15)14-28-20-18(22(32)24(20)34)26-9-11-30(3)4/h5-7,12,25-28H,8-11,13-14H2,1-4H3. The van der Waals surface area contributed by atoms with Crippen molar-refractivity contribution in [2.75, 3.05) is 75.6 Å². The molecule has 0 saturated heterocycles. The third-order valence-corrected chi connectivity index (χ3v) is 5.47. The van der Waals surface area contributed by atoms with Gasteiger partial charge in [0, 0.05) is 39.3 Å². The maximum atomic E-state index is 12.0. The van der Waals surface area contributed by atoms with Crippen molar-refractivity contribution in [3.8, 4) is 0 Å². The highest BCUT2D eigenvalue weighted by atomic mass is 16.2. The van der Waals surface area contributed by atoms with E-state index in [0.717, 1.165) is 24.2 Å². The fourth-order valence-corrected chi connectivity index (χ4v) is 3.50. The monoisotopic (exact) mass is 468 g/mol. The first-order valence-electron chi connectivity index (χ1n) is 11.2. The number of rotatable bonds is 14. The summed E-state index contributed by atoms with van der Waals surface area (Å²) >= 11 is 0. The number of hydrogen-bond donors (Lipinski definition) is 4. The van der Waals surface area contributed by atoms with E-state index < -0.39 is 21.7 Å². The van der Waals surface area contributed by atoms with Crippen LogP contribution >= 0.6 is 0 Å². The van der Waals surface area contributed by atoms with Gasteiger partial charge in [0.25, 0.3) is 21.7 Å². The Labute approximate surface area is 198 Å². The van der Waals surface area contributed by atoms with E-state index in [9.17, 15) is 19.2 Å². The van der Waals surface area contributed by atoms with Crippen molar-refractivity contribution >= 4 is 22.7 Å². The quantitative estimate of drug-likeness (QED) is 0.241. The fraction of sp³-hybridized carbons (Fsp3) is 0.417. The molecule has 3 aromatic carbocycles. The molecule has 10 heteroatoms. The molecule has 0 aromatic heterocycles. The van der Waals surface area contributed by atoms with E-state index in [4.69, 9.17) is 0 Å². The molecule has 0 aliphatic rings. The van der Waals surface area contributed by atoms with Crippen LogP contribution in [0, 0.1) is 0 Å². The minimum Gasteiger partial charge on any atom is -0.379 e. The predicted octanol–water partition coefficient (Wildman–Crippen LogP) is 0.0498. The number of anilines is 4. The van der Waals surface area contributed by atoms with E-state index >= 15 is 0 Å². The van der Waals surface area contributed by atoms with Gasteiger partial charge in [-0.3, -0.25) is 19.2 Å². The second-order valence-electron chi connectivity index (χ2n) is 8.80. The van der Waals surface area contributed by atoms with Crippen molar-refractivity contribution in [2.45, 2.75) is 13.1 Å². The molecule has 0 bridgehead atoms. The number of nitrogens with zero attached hydrogens (tertiary/aromatic N) is 2. The summed E-state index contributed by atoms with van der Waals surface area (Å²) in [7, 11) is 7.73. The van der Waals surface area contributed by atoms with Crippen LogP contribution in [0.2, 0.25) is 0 Å². The highest BCUT2D eigenvalue weighted by molar-refractivity contribution is 5.74. The molecule has 0 aliphatic heterocycles. The van der Waals surface area contributed by atoms with Crippen molar-refractivity contribution < 1.29 is 0 Å². The van der Waals surface area contributed by atoms with Crippen molar-refractivity contribution in [2.24, 2.45) is 0 Å². The number of hydrogen-bond acceptors (Lipinski definition) is 10. The molecule has 3 aromatic rings. The summed E-state index contributed by atoms with van der Waals surface area (Å²) < 4.78 is 0. The maximum absolute atomic E-state index is 12.0. The summed E-state index contributed by atoms with van der Waals surface area (Å²) in [6, 6.07) is 7.64. The van der Waals surface area contributed by atoms with Crippen LogP contribution in [0.1, 0.15) is 11.1 Å². The Morgan fingerprint density at radius 3 is 1.29 bits per heavy atom. The highest BCUT2D eigenvalue weighted by Gasteiger charge is 2.21. The topological polar surface area (TPSA) is 123 Å². The Hall–Kier alpha value is -3.50. The first-order valence-corrected chi connectivity index (χ1v) is 11.2. The third-order valence-electron chi connectivity index (χ3n) is 5.47. The zero-order chi connectivity index (χ0) is 24.8. The maximum Gasteiger partial charge on any atom is 0.253 e. The number of benzene rings is 1. The lowest BCUT2D eigenvalue weighted by Crippen LogP contribution is -2.38. The smallest absolute Gasteiger partial charge is 0.253 e. The van der Waals surface area contributed by atoms with Crippen LogP contribution in [-0.2, 0) is 13.1 Å². The lowest BCUT2D eigenvalue weighted by molar-refractivity contribution is 0.425. The van der Waals surface area contributed by atoms with Gasteiger partial charge in [0.05, 0.1) is 0 Å². The molecule has 0 saturated carbocycles. The van der Waals surface area contributed by atoms with Gasteiger partial charge >= 0.3 is 0 Å². The van der Waals surface area contributed by atoms with Gasteiger partial charge in [-0.2, -0.15) is 0 Å². The number of nitrogens with one attached hydrogen (secondary N) is 4. The summed E-state index contributed by atoms with van der Waals surface area (Å²) in [5.74, 6) is 0. The van der Waals surface area contributed by atoms with Gasteiger partial charge in [-0.1, -0.05) is 24.3 Å². The van der Waals surface area contributed by atoms with Gasteiger partial charge in [0.1, 0.15) is 22.7 Å². The van der Waals surface area contributed by atoms with Crippen LogP contribution in [0.3, 0.4) is 0 Å². The van der Waals surface area contributed by atoms with Crippen molar-refractivity contribution in [3.63, 3.8) is 0 Å². The molecule has 0 radical (unpaired) electrons. The van der Waals surface area contributed by atoms with E-state index in [2.05, 4.69) is 21.3 Å². The zero-order valence-electron chi connectivity index (χ0n) is 20.1. The molecule has 0 heterocycles. The summed E-state index contributed by atoms with van der Waals surface area (Å²) in [4.78, 5) is 51.7. The first-order chi connectivity index (χ1) is 16.2. The van der Waals surface area contributed by atoms with E-state index in [1.807, 2.05) is 62.3 Å². The summed E-state index contributed by atoms with van der Waals surface area (Å²) in [5, 5.41) is 12.2. The van der Waals surface area contributed by atoms with Crippen LogP contribution in [0.25, 0.3) is 0 Å². The van der Waals surface area contributed by atoms with E-state index in [1.165, 1.54) is 0 Å². The van der Waals surface area contributed by atoms with Gasteiger partial charge in [0.2, 0.25) is 0 Å². The van der Waals surface area contributed by atoms with Crippen LogP contribution < -0.4 is 43.0 Å². The molecule has 0 fully saturated rings. The highest BCUT2D eigenvalue weighted by Crippen LogP contribution is 2.18. The van der Waals surface area contributed by atoms with Crippen LogP contribution in [-0.4, -0.2) is 64.2 Å². The van der Waals surface area contributed by atoms with Gasteiger partial charge in [-0.15, -0.1) is 0 Å². The number of likely N-dealkylation sites (N-methyl/N-ethyl adjacent to an activating group) is 2. The average molecular weight is 469 g/mol. The van der Waals surface area contributed by atoms with E-state index in [1.54, 1.807) is 0 Å². The second-order valence-corrected chi connectivity index (χ2v) is 8.80. The Kier molecular flexibility index (Phi) is 8.19. The van der Waals surface area contributed by atoms with Crippen molar-refractivity contribution in [1.29, 1.82) is 0 Å². The van der Waals surface area contributed by atoms with Gasteiger partial charge in [-0.05, 0) is 39.3 Å². The summed E-state index contributed by atoms with van der Waals surface area (Å²) in [5.41, 5.74) is 1.09. The molecule has 182 valence electrons. The van der Waals surface area contributed by atoms with E-state index in [0.29, 0.717) is 48.9 Å². The molecule has 0 atom stereocenters. The second kappa shape index (κ2) is 11.1. The molecule has 3 rings (SSSR count). The molecule has 34 heavy (non-hydrogen) atoms. The molecule has 0 aliphatic carbocycles. The van der Waals surface area contributed by atoms with Crippen LogP contribution in [0.15, 0.2) is 43.4 Å². The lowest BCUT2D eigenvalue weighted by Gasteiger charge is -2.17. The average Bonchev–Trinajstić information content (AvgIpc) is 2.81. The first kappa shape index (κ1) is 25.1. The molecular weight excluding hydrogens is 436 g/mol. The predicted molar refractivity (Wildman–Crippen MR) is 138 cm³/mol. The zero-order valence-corrected chi connectivity index (χ0v) is 20.1. The summed E-state index contributed by atoms with van der Waals surface area (Å²) in [6.07, 6.45) is 0. The largest absolute Gasteiger partial charge is 0.379 e. The van der Waals surface area contributed by atoms with Crippen LogP contribution in [0.4, 0.5) is 22.7 Å². The molecule has 0 amide bonds. The van der Waals surface area contributed by atoms with Crippen LogP contribution in [0.5, 0.6) is 0 Å². The van der Waals surface area contributed by atoms with Crippen molar-refractivity contribution in [1.82, 2.24) is 9.80 Å².